The number of rotatable bonds is 7. The van der Waals surface area contributed by atoms with E-state index in [0.717, 1.165) is 5.75 Å². The van der Waals surface area contributed by atoms with Gasteiger partial charge in [-0.2, -0.15) is 0 Å². The number of hydrogen-bond donors (Lipinski definition) is 2. The number of carboxylic acids is 1. The Morgan fingerprint density at radius 1 is 1.12 bits per heavy atom. The summed E-state index contributed by atoms with van der Waals surface area (Å²) in [5.74, 6) is -0.136. The van der Waals surface area contributed by atoms with Crippen molar-refractivity contribution in [3.63, 3.8) is 0 Å². The highest BCUT2D eigenvalue weighted by molar-refractivity contribution is 8.09. The molecule has 2 rings (SSSR count). The van der Waals surface area contributed by atoms with Crippen LogP contribution in [0.2, 0.25) is 0 Å². The summed E-state index contributed by atoms with van der Waals surface area (Å²) >= 11 is 5.41. The van der Waals surface area contributed by atoms with Crippen LogP contribution in [0.15, 0.2) is 60.7 Å². The molecule has 25 heavy (non-hydrogen) atoms. The van der Waals surface area contributed by atoms with Crippen molar-refractivity contribution in [2.24, 2.45) is 0 Å². The molecule has 1 unspecified atom stereocenters. The molecule has 0 aliphatic carbocycles. The largest absolute Gasteiger partial charge is 0.478 e. The highest BCUT2D eigenvalue weighted by atomic mass is 32.5. The third-order valence-electron chi connectivity index (χ3n) is 2.70. The van der Waals surface area contributed by atoms with Crippen LogP contribution in [0.3, 0.4) is 0 Å². The van der Waals surface area contributed by atoms with Crippen molar-refractivity contribution in [1.29, 1.82) is 0 Å². The molecule has 0 radical (unpaired) electrons. The van der Waals surface area contributed by atoms with E-state index in [1.54, 1.807) is 30.3 Å². The smallest absolute Gasteiger partial charge is 0.335 e. The van der Waals surface area contributed by atoms with E-state index < -0.39 is 12.6 Å². The van der Waals surface area contributed by atoms with Crippen molar-refractivity contribution in [2.45, 2.75) is 26.8 Å². The Labute approximate surface area is 154 Å². The second kappa shape index (κ2) is 11.0. The molecule has 0 heterocycles. The SMILES string of the molecule is CCOP(=S)(NC(C)C)Oc1ccccc1.O=C(O)c1ccccc1. The minimum absolute atomic E-state index is 0.237. The number of para-hydroxylation sites is 1. The van der Waals surface area contributed by atoms with Crippen LogP contribution >= 0.6 is 6.64 Å². The van der Waals surface area contributed by atoms with Crippen LogP contribution in [-0.2, 0) is 16.3 Å². The van der Waals surface area contributed by atoms with Gasteiger partial charge in [0.1, 0.15) is 5.75 Å². The Bertz CT molecular complexity index is 680. The van der Waals surface area contributed by atoms with Gasteiger partial charge in [-0.3, -0.25) is 0 Å². The van der Waals surface area contributed by atoms with Gasteiger partial charge >= 0.3 is 12.6 Å². The van der Waals surface area contributed by atoms with Crippen LogP contribution in [0.1, 0.15) is 31.1 Å². The van der Waals surface area contributed by atoms with Crippen molar-refractivity contribution >= 4 is 24.4 Å². The van der Waals surface area contributed by atoms with Gasteiger partial charge in [-0.15, -0.1) is 0 Å². The lowest BCUT2D eigenvalue weighted by Gasteiger charge is -2.24. The summed E-state index contributed by atoms with van der Waals surface area (Å²) in [6.07, 6.45) is 0. The summed E-state index contributed by atoms with van der Waals surface area (Å²) in [5, 5.41) is 11.6. The zero-order valence-corrected chi connectivity index (χ0v) is 16.3. The van der Waals surface area contributed by atoms with E-state index in [-0.39, 0.29) is 6.04 Å². The van der Waals surface area contributed by atoms with Crippen LogP contribution in [0.25, 0.3) is 0 Å². The second-order valence-corrected chi connectivity index (χ2v) is 8.41. The molecule has 2 aromatic rings. The standard InChI is InChI=1S/C11H18NO2PS.C7H6O2/c1-4-13-15(16,12-10(2)3)14-11-8-6-5-7-9-11;8-7(9)6-4-2-1-3-5-6/h5-10H,4H2,1-3H3,(H,12,16);1-5H,(H,8,9). The third kappa shape index (κ3) is 8.79. The average molecular weight is 381 g/mol. The van der Waals surface area contributed by atoms with Gasteiger partial charge in [0.25, 0.3) is 0 Å². The number of aromatic carboxylic acids is 1. The normalized spacial score (nSPS) is 12.6. The molecule has 136 valence electrons. The fourth-order valence-electron chi connectivity index (χ4n) is 1.78. The minimum Gasteiger partial charge on any atom is -0.478 e. The van der Waals surface area contributed by atoms with Gasteiger partial charge in [-0.05, 0) is 56.8 Å². The predicted octanol–water partition coefficient (Wildman–Crippen LogP) is 4.71. The highest BCUT2D eigenvalue weighted by Crippen LogP contribution is 2.44. The zero-order valence-electron chi connectivity index (χ0n) is 14.6. The lowest BCUT2D eigenvalue weighted by atomic mass is 10.2. The van der Waals surface area contributed by atoms with Crippen LogP contribution in [-0.4, -0.2) is 23.7 Å². The molecule has 0 fully saturated rings. The molecule has 0 saturated carbocycles. The van der Waals surface area contributed by atoms with Gasteiger partial charge in [0, 0.05) is 6.04 Å². The van der Waals surface area contributed by atoms with Gasteiger partial charge in [0.2, 0.25) is 0 Å². The number of carbonyl (C=O) groups is 1. The van der Waals surface area contributed by atoms with Crippen molar-refractivity contribution in [3.8, 4) is 5.75 Å². The van der Waals surface area contributed by atoms with Gasteiger partial charge in [-0.1, -0.05) is 36.4 Å². The molecule has 5 nitrogen and oxygen atoms in total. The molecule has 2 N–H and O–H groups in total. The molecule has 0 spiro atoms. The fraction of sp³-hybridized carbons (Fsp3) is 0.278. The van der Waals surface area contributed by atoms with Crippen LogP contribution in [0.4, 0.5) is 0 Å². The number of nitrogens with one attached hydrogen (secondary N) is 1. The maximum absolute atomic E-state index is 10.2. The van der Waals surface area contributed by atoms with Gasteiger partial charge in [-0.25, -0.2) is 9.88 Å². The fourth-order valence-corrected chi connectivity index (χ4v) is 4.54. The van der Waals surface area contributed by atoms with Crippen molar-refractivity contribution in [3.05, 3.63) is 66.2 Å². The highest BCUT2D eigenvalue weighted by Gasteiger charge is 2.20. The lowest BCUT2D eigenvalue weighted by Crippen LogP contribution is -2.23. The Morgan fingerprint density at radius 3 is 2.04 bits per heavy atom. The van der Waals surface area contributed by atoms with Gasteiger partial charge in [0.05, 0.1) is 12.2 Å². The summed E-state index contributed by atoms with van der Waals surface area (Å²) in [4.78, 5) is 10.2. The Morgan fingerprint density at radius 2 is 1.64 bits per heavy atom. The summed E-state index contributed by atoms with van der Waals surface area (Å²) < 4.78 is 11.3. The first kappa shape index (κ1) is 21.3. The van der Waals surface area contributed by atoms with E-state index in [0.29, 0.717) is 12.2 Å². The van der Waals surface area contributed by atoms with Crippen molar-refractivity contribution in [2.75, 3.05) is 6.61 Å². The monoisotopic (exact) mass is 381 g/mol. The molecule has 2 aromatic carbocycles. The Hall–Kier alpha value is -1.72. The Kier molecular flexibility index (Phi) is 9.39. The summed E-state index contributed by atoms with van der Waals surface area (Å²) in [6.45, 7) is 4.09. The van der Waals surface area contributed by atoms with Crippen LogP contribution in [0, 0.1) is 0 Å². The van der Waals surface area contributed by atoms with E-state index >= 15 is 0 Å². The Balaban J connectivity index is 0.000000293. The van der Waals surface area contributed by atoms with E-state index in [2.05, 4.69) is 5.09 Å². The van der Waals surface area contributed by atoms with Gasteiger partial charge < -0.3 is 14.2 Å². The molecule has 0 saturated heterocycles. The van der Waals surface area contributed by atoms with E-state index in [1.807, 2.05) is 51.1 Å². The molecule has 0 aliphatic rings. The number of hydrogen-bond acceptors (Lipinski definition) is 4. The summed E-state index contributed by atoms with van der Waals surface area (Å²) in [6, 6.07) is 18.1. The first-order valence-electron chi connectivity index (χ1n) is 7.91. The summed E-state index contributed by atoms with van der Waals surface area (Å²) in [5.41, 5.74) is 0.331. The zero-order chi connectivity index (χ0) is 18.7. The van der Waals surface area contributed by atoms with E-state index in [9.17, 15) is 4.79 Å². The molecule has 0 amide bonds. The molecular formula is C18H24NO4PS. The number of benzene rings is 2. The molecule has 1 atom stereocenters. The first-order valence-corrected chi connectivity index (χ1v) is 10.6. The molecule has 0 aromatic heterocycles. The number of carboxylic acid groups (broad SMARTS) is 1. The topological polar surface area (TPSA) is 67.8 Å². The van der Waals surface area contributed by atoms with Crippen molar-refractivity contribution in [1.82, 2.24) is 5.09 Å². The minimum atomic E-state index is -2.41. The first-order chi connectivity index (χ1) is 11.9. The van der Waals surface area contributed by atoms with E-state index in [4.69, 9.17) is 26.0 Å². The van der Waals surface area contributed by atoms with Crippen molar-refractivity contribution < 1.29 is 18.9 Å². The van der Waals surface area contributed by atoms with Gasteiger partial charge in [0.15, 0.2) is 0 Å². The third-order valence-corrected chi connectivity index (χ3v) is 5.44. The molecule has 7 heteroatoms. The lowest BCUT2D eigenvalue weighted by molar-refractivity contribution is 0.0697. The maximum Gasteiger partial charge on any atom is 0.335 e. The molecular weight excluding hydrogens is 357 g/mol. The molecule has 0 aliphatic heterocycles. The van der Waals surface area contributed by atoms with E-state index in [1.165, 1.54) is 0 Å². The molecule has 0 bridgehead atoms. The quantitative estimate of drug-likeness (QED) is 0.677. The van der Waals surface area contributed by atoms with Crippen LogP contribution in [0.5, 0.6) is 5.75 Å². The summed E-state index contributed by atoms with van der Waals surface area (Å²) in [7, 11) is 0. The maximum atomic E-state index is 10.2. The van der Waals surface area contributed by atoms with Crippen LogP contribution < -0.4 is 9.61 Å². The average Bonchev–Trinajstić information content (AvgIpc) is 2.56. The second-order valence-electron chi connectivity index (χ2n) is 5.27. The predicted molar refractivity (Wildman–Crippen MR) is 105 cm³/mol.